The molecular formula is C20H25NO3. The maximum Gasteiger partial charge on any atom is 0.313 e. The highest BCUT2D eigenvalue weighted by Crippen LogP contribution is 2.23. The monoisotopic (exact) mass is 327 g/mol. The highest BCUT2D eigenvalue weighted by molar-refractivity contribution is 5.88. The molecule has 4 nitrogen and oxygen atoms in total. The topological polar surface area (TPSA) is 46.6 Å². The standard InChI is InChI=1S/C20H25NO3/c1-3-17-18(20(23)24-4-2)13-9-6-10-14-21(19(17)22)15-16-11-7-5-8-12-16/h3,5,7-9,11-13,17-18H,1,4,6,10,14-15H2,2H3/b13-9+/t17-,18-/m1/s1. The van der Waals surface area contributed by atoms with Gasteiger partial charge in [0.2, 0.25) is 5.91 Å². The van der Waals surface area contributed by atoms with Crippen molar-refractivity contribution in [3.05, 3.63) is 60.7 Å². The van der Waals surface area contributed by atoms with Crippen LogP contribution in [-0.2, 0) is 20.9 Å². The molecule has 0 saturated carbocycles. The maximum absolute atomic E-state index is 13.0. The van der Waals surface area contributed by atoms with E-state index in [0.717, 1.165) is 18.4 Å². The van der Waals surface area contributed by atoms with Gasteiger partial charge in [-0.3, -0.25) is 9.59 Å². The van der Waals surface area contributed by atoms with Crippen molar-refractivity contribution in [2.75, 3.05) is 13.2 Å². The number of benzene rings is 1. The van der Waals surface area contributed by atoms with Crippen molar-refractivity contribution in [3.63, 3.8) is 0 Å². The minimum absolute atomic E-state index is 0.0709. The van der Waals surface area contributed by atoms with Gasteiger partial charge in [-0.2, -0.15) is 0 Å². The first-order valence-corrected chi connectivity index (χ1v) is 8.46. The van der Waals surface area contributed by atoms with E-state index in [9.17, 15) is 9.59 Å². The fourth-order valence-electron chi connectivity index (χ4n) is 2.91. The van der Waals surface area contributed by atoms with Gasteiger partial charge in [-0.25, -0.2) is 0 Å². The number of hydrogen-bond acceptors (Lipinski definition) is 3. The molecule has 1 aliphatic rings. The zero-order valence-corrected chi connectivity index (χ0v) is 14.2. The summed E-state index contributed by atoms with van der Waals surface area (Å²) in [5.74, 6) is -1.64. The first-order chi connectivity index (χ1) is 11.7. The lowest BCUT2D eigenvalue weighted by atomic mass is 9.90. The second-order valence-electron chi connectivity index (χ2n) is 5.86. The Morgan fingerprint density at radius 3 is 2.79 bits per heavy atom. The predicted octanol–water partition coefficient (Wildman–Crippen LogP) is 3.35. The summed E-state index contributed by atoms with van der Waals surface area (Å²) in [7, 11) is 0. The molecule has 0 aromatic heterocycles. The van der Waals surface area contributed by atoms with E-state index >= 15 is 0 Å². The number of carbonyl (C=O) groups is 2. The molecule has 1 heterocycles. The minimum atomic E-state index is -0.605. The molecule has 0 aliphatic carbocycles. The number of nitrogens with zero attached hydrogens (tertiary/aromatic N) is 1. The van der Waals surface area contributed by atoms with Crippen LogP contribution in [0.1, 0.15) is 25.3 Å². The van der Waals surface area contributed by atoms with Crippen LogP contribution in [-0.4, -0.2) is 29.9 Å². The van der Waals surface area contributed by atoms with E-state index in [1.54, 1.807) is 19.1 Å². The summed E-state index contributed by atoms with van der Waals surface area (Å²) >= 11 is 0. The Bertz CT molecular complexity index is 594. The first kappa shape index (κ1) is 18.0. The summed E-state index contributed by atoms with van der Waals surface area (Å²) in [6, 6.07) is 9.89. The van der Waals surface area contributed by atoms with Crippen LogP contribution >= 0.6 is 0 Å². The average Bonchev–Trinajstić information content (AvgIpc) is 2.66. The van der Waals surface area contributed by atoms with Gasteiger partial charge >= 0.3 is 5.97 Å². The number of hydrogen-bond donors (Lipinski definition) is 0. The van der Waals surface area contributed by atoms with Crippen LogP contribution in [0.25, 0.3) is 0 Å². The van der Waals surface area contributed by atoms with Crippen LogP contribution < -0.4 is 0 Å². The molecule has 0 N–H and O–H groups in total. The summed E-state index contributed by atoms with van der Waals surface area (Å²) in [6.07, 6.45) is 7.04. The molecule has 1 aromatic carbocycles. The molecule has 1 aliphatic heterocycles. The Kier molecular flexibility index (Phi) is 6.79. The Labute approximate surface area is 143 Å². The molecule has 0 fully saturated rings. The van der Waals surface area contributed by atoms with E-state index in [-0.39, 0.29) is 11.9 Å². The van der Waals surface area contributed by atoms with Gasteiger partial charge < -0.3 is 9.64 Å². The van der Waals surface area contributed by atoms with Crippen LogP contribution in [0, 0.1) is 11.8 Å². The molecule has 128 valence electrons. The summed E-state index contributed by atoms with van der Waals surface area (Å²) in [4.78, 5) is 27.1. The Morgan fingerprint density at radius 1 is 1.38 bits per heavy atom. The van der Waals surface area contributed by atoms with Crippen molar-refractivity contribution in [2.45, 2.75) is 26.3 Å². The molecule has 0 spiro atoms. The molecule has 0 radical (unpaired) electrons. The summed E-state index contributed by atoms with van der Waals surface area (Å²) < 4.78 is 5.14. The molecule has 0 bridgehead atoms. The van der Waals surface area contributed by atoms with E-state index in [0.29, 0.717) is 19.7 Å². The third-order valence-electron chi connectivity index (χ3n) is 4.15. The van der Waals surface area contributed by atoms with Crippen molar-refractivity contribution in [1.82, 2.24) is 4.90 Å². The third-order valence-corrected chi connectivity index (χ3v) is 4.15. The zero-order valence-electron chi connectivity index (χ0n) is 14.2. The highest BCUT2D eigenvalue weighted by atomic mass is 16.5. The van der Waals surface area contributed by atoms with E-state index < -0.39 is 11.8 Å². The van der Waals surface area contributed by atoms with Crippen LogP contribution in [0.3, 0.4) is 0 Å². The number of rotatable bonds is 5. The van der Waals surface area contributed by atoms with Gasteiger partial charge in [-0.1, -0.05) is 48.6 Å². The molecular weight excluding hydrogens is 302 g/mol. The highest BCUT2D eigenvalue weighted by Gasteiger charge is 2.34. The molecule has 1 aromatic rings. The number of carbonyl (C=O) groups excluding carboxylic acids is 2. The van der Waals surface area contributed by atoms with Crippen LogP contribution in [0.2, 0.25) is 0 Å². The van der Waals surface area contributed by atoms with Crippen LogP contribution in [0.15, 0.2) is 55.1 Å². The first-order valence-electron chi connectivity index (χ1n) is 8.46. The normalized spacial score (nSPS) is 22.9. The largest absolute Gasteiger partial charge is 0.466 e. The maximum atomic E-state index is 13.0. The molecule has 2 rings (SSSR count). The van der Waals surface area contributed by atoms with Crippen molar-refractivity contribution in [3.8, 4) is 0 Å². The molecule has 2 atom stereocenters. The van der Waals surface area contributed by atoms with E-state index in [4.69, 9.17) is 4.74 Å². The summed E-state index contributed by atoms with van der Waals surface area (Å²) in [6.45, 7) is 7.06. The van der Waals surface area contributed by atoms with Crippen LogP contribution in [0.4, 0.5) is 0 Å². The fourth-order valence-corrected chi connectivity index (χ4v) is 2.91. The number of amides is 1. The third kappa shape index (κ3) is 4.57. The minimum Gasteiger partial charge on any atom is -0.466 e. The Morgan fingerprint density at radius 2 is 2.12 bits per heavy atom. The Balaban J connectivity index is 2.24. The van der Waals surface area contributed by atoms with Gasteiger partial charge in [0.1, 0.15) is 0 Å². The Hall–Kier alpha value is -2.36. The van der Waals surface area contributed by atoms with Gasteiger partial charge in [0.05, 0.1) is 18.4 Å². The smallest absolute Gasteiger partial charge is 0.313 e. The van der Waals surface area contributed by atoms with Gasteiger partial charge in [0, 0.05) is 13.1 Å². The second kappa shape index (κ2) is 9.06. The van der Waals surface area contributed by atoms with Crippen molar-refractivity contribution < 1.29 is 14.3 Å². The number of allylic oxidation sites excluding steroid dienone is 1. The van der Waals surface area contributed by atoms with Gasteiger partial charge in [0.25, 0.3) is 0 Å². The molecule has 4 heteroatoms. The molecule has 24 heavy (non-hydrogen) atoms. The van der Waals surface area contributed by atoms with E-state index in [2.05, 4.69) is 6.58 Å². The van der Waals surface area contributed by atoms with E-state index in [1.165, 1.54) is 0 Å². The molecule has 1 amide bonds. The van der Waals surface area contributed by atoms with E-state index in [1.807, 2.05) is 41.3 Å². The van der Waals surface area contributed by atoms with Gasteiger partial charge in [-0.05, 0) is 25.3 Å². The quantitative estimate of drug-likeness (QED) is 0.615. The second-order valence-corrected chi connectivity index (χ2v) is 5.86. The van der Waals surface area contributed by atoms with Crippen molar-refractivity contribution in [2.24, 2.45) is 11.8 Å². The SMILES string of the molecule is C=C[C@H]1C(=O)N(Cc2ccccc2)CCC/C=C/[C@H]1C(=O)OCC. The number of ether oxygens (including phenoxy) is 1. The fraction of sp³-hybridized carbons (Fsp3) is 0.400. The molecule has 0 saturated heterocycles. The van der Waals surface area contributed by atoms with Crippen LogP contribution in [0.5, 0.6) is 0 Å². The van der Waals surface area contributed by atoms with Crippen molar-refractivity contribution >= 4 is 11.9 Å². The molecule has 0 unspecified atom stereocenters. The lowest BCUT2D eigenvalue weighted by Crippen LogP contribution is -2.40. The van der Waals surface area contributed by atoms with Gasteiger partial charge in [-0.15, -0.1) is 6.58 Å². The lowest BCUT2D eigenvalue weighted by molar-refractivity contribution is -0.151. The summed E-state index contributed by atoms with van der Waals surface area (Å²) in [5, 5.41) is 0. The predicted molar refractivity (Wildman–Crippen MR) is 94.0 cm³/mol. The van der Waals surface area contributed by atoms with Gasteiger partial charge in [0.15, 0.2) is 0 Å². The lowest BCUT2D eigenvalue weighted by Gasteiger charge is -2.28. The summed E-state index contributed by atoms with van der Waals surface area (Å²) in [5.41, 5.74) is 1.08. The number of esters is 1. The zero-order chi connectivity index (χ0) is 17.4. The average molecular weight is 327 g/mol. The van der Waals surface area contributed by atoms with Crippen molar-refractivity contribution in [1.29, 1.82) is 0 Å².